The molecule has 2 aromatic carbocycles. The van der Waals surface area contributed by atoms with E-state index in [0.717, 1.165) is 21.2 Å². The molecule has 0 saturated carbocycles. The van der Waals surface area contributed by atoms with Crippen molar-refractivity contribution in [2.45, 2.75) is 20.8 Å². The quantitative estimate of drug-likeness (QED) is 0.809. The third kappa shape index (κ3) is 3.02. The van der Waals surface area contributed by atoms with Gasteiger partial charge in [0.05, 0.1) is 5.69 Å². The first kappa shape index (κ1) is 14.6. The minimum absolute atomic E-state index is 0.119. The zero-order chi connectivity index (χ0) is 14.9. The third-order valence-corrected chi connectivity index (χ3v) is 3.83. The van der Waals surface area contributed by atoms with Crippen molar-refractivity contribution in [2.24, 2.45) is 0 Å². The molecule has 0 radical (unpaired) electrons. The van der Waals surface area contributed by atoms with Gasteiger partial charge < -0.3 is 11.1 Å². The van der Waals surface area contributed by atoms with Gasteiger partial charge in [-0.1, -0.05) is 17.7 Å². The molecule has 0 bridgehead atoms. The number of hydrogen-bond donors (Lipinski definition) is 2. The number of carbonyl (C=O) groups excluding carboxylic acids is 1. The van der Waals surface area contributed by atoms with Crippen LogP contribution in [0.5, 0.6) is 0 Å². The van der Waals surface area contributed by atoms with Gasteiger partial charge in [-0.05, 0) is 66.0 Å². The van der Waals surface area contributed by atoms with Gasteiger partial charge in [0.25, 0.3) is 5.91 Å². The van der Waals surface area contributed by atoms with Gasteiger partial charge in [0.2, 0.25) is 0 Å². The van der Waals surface area contributed by atoms with Gasteiger partial charge in [-0.3, -0.25) is 4.79 Å². The van der Waals surface area contributed by atoms with Crippen molar-refractivity contribution in [1.29, 1.82) is 0 Å². The first-order chi connectivity index (χ1) is 9.38. The number of hydrogen-bond acceptors (Lipinski definition) is 2. The first-order valence-corrected chi connectivity index (χ1v) is 7.12. The Kier molecular flexibility index (Phi) is 4.14. The summed E-state index contributed by atoms with van der Waals surface area (Å²) in [5.74, 6) is -0.119. The number of nitrogen functional groups attached to an aromatic ring is 1. The Morgan fingerprint density at radius 1 is 1.10 bits per heavy atom. The largest absolute Gasteiger partial charge is 0.399 e. The SMILES string of the molecule is Cc1cc(C)c(C(=O)Nc2cc(N)ccc2Br)c(C)c1. The van der Waals surface area contributed by atoms with Crippen molar-refractivity contribution in [3.05, 3.63) is 57.1 Å². The monoisotopic (exact) mass is 332 g/mol. The Bertz CT molecular complexity index is 657. The summed E-state index contributed by atoms with van der Waals surface area (Å²) in [6.07, 6.45) is 0. The second-order valence-corrected chi connectivity index (χ2v) is 5.82. The highest BCUT2D eigenvalue weighted by atomic mass is 79.9. The summed E-state index contributed by atoms with van der Waals surface area (Å²) in [6.45, 7) is 5.92. The Balaban J connectivity index is 2.36. The van der Waals surface area contributed by atoms with E-state index in [0.29, 0.717) is 16.9 Å². The molecule has 1 amide bonds. The van der Waals surface area contributed by atoms with Crippen LogP contribution in [0, 0.1) is 20.8 Å². The van der Waals surface area contributed by atoms with Gasteiger partial charge in [0.1, 0.15) is 0 Å². The highest BCUT2D eigenvalue weighted by molar-refractivity contribution is 9.10. The molecule has 0 atom stereocenters. The second kappa shape index (κ2) is 5.67. The molecule has 20 heavy (non-hydrogen) atoms. The number of rotatable bonds is 2. The Hall–Kier alpha value is -1.81. The molecule has 0 fully saturated rings. The average Bonchev–Trinajstić information content (AvgIpc) is 2.32. The predicted molar refractivity (Wildman–Crippen MR) is 87.2 cm³/mol. The predicted octanol–water partition coefficient (Wildman–Crippen LogP) is 4.21. The topological polar surface area (TPSA) is 55.1 Å². The lowest BCUT2D eigenvalue weighted by Gasteiger charge is -2.13. The lowest BCUT2D eigenvalue weighted by molar-refractivity contribution is 0.102. The number of halogens is 1. The van der Waals surface area contributed by atoms with Crippen molar-refractivity contribution < 1.29 is 4.79 Å². The van der Waals surface area contributed by atoms with Gasteiger partial charge in [0.15, 0.2) is 0 Å². The molecule has 0 spiro atoms. The van der Waals surface area contributed by atoms with E-state index in [4.69, 9.17) is 5.73 Å². The smallest absolute Gasteiger partial charge is 0.256 e. The summed E-state index contributed by atoms with van der Waals surface area (Å²) in [5, 5.41) is 2.90. The van der Waals surface area contributed by atoms with Gasteiger partial charge in [0, 0.05) is 15.7 Å². The summed E-state index contributed by atoms with van der Waals surface area (Å²) in [4.78, 5) is 12.5. The summed E-state index contributed by atoms with van der Waals surface area (Å²) in [5.41, 5.74) is 10.8. The van der Waals surface area contributed by atoms with Gasteiger partial charge in [-0.15, -0.1) is 0 Å². The highest BCUT2D eigenvalue weighted by Gasteiger charge is 2.14. The van der Waals surface area contributed by atoms with E-state index in [1.54, 1.807) is 12.1 Å². The fourth-order valence-electron chi connectivity index (χ4n) is 2.36. The van der Waals surface area contributed by atoms with Crippen LogP contribution < -0.4 is 11.1 Å². The molecule has 0 aliphatic rings. The standard InChI is InChI=1S/C16H17BrN2O/c1-9-6-10(2)15(11(3)7-9)16(20)19-14-8-12(18)4-5-13(14)17/h4-8H,18H2,1-3H3,(H,19,20). The first-order valence-electron chi connectivity index (χ1n) is 6.32. The maximum atomic E-state index is 12.5. The lowest BCUT2D eigenvalue weighted by Crippen LogP contribution is -2.15. The number of amides is 1. The zero-order valence-electron chi connectivity index (χ0n) is 11.8. The molecule has 0 heterocycles. The van der Waals surface area contributed by atoms with Crippen molar-refractivity contribution in [1.82, 2.24) is 0 Å². The van der Waals surface area contributed by atoms with Crippen molar-refractivity contribution >= 4 is 33.2 Å². The summed E-state index contributed by atoms with van der Waals surface area (Å²) < 4.78 is 0.808. The number of anilines is 2. The van der Waals surface area contributed by atoms with Gasteiger partial charge in [-0.25, -0.2) is 0 Å². The van der Waals surface area contributed by atoms with E-state index < -0.39 is 0 Å². The molecular formula is C16H17BrN2O. The number of nitrogens with two attached hydrogens (primary N) is 1. The molecule has 0 aliphatic carbocycles. The molecule has 4 heteroatoms. The molecule has 0 aromatic heterocycles. The third-order valence-electron chi connectivity index (χ3n) is 3.14. The number of nitrogens with one attached hydrogen (secondary N) is 1. The maximum Gasteiger partial charge on any atom is 0.256 e. The second-order valence-electron chi connectivity index (χ2n) is 4.97. The molecule has 3 N–H and O–H groups in total. The van der Waals surface area contributed by atoms with E-state index in [2.05, 4.69) is 21.2 Å². The van der Waals surface area contributed by atoms with Crippen molar-refractivity contribution in [3.63, 3.8) is 0 Å². The number of benzene rings is 2. The Labute approximate surface area is 127 Å². The van der Waals surface area contributed by atoms with E-state index >= 15 is 0 Å². The van der Waals surface area contributed by atoms with Crippen molar-refractivity contribution in [2.75, 3.05) is 11.1 Å². The molecule has 2 rings (SSSR count). The molecule has 0 saturated heterocycles. The van der Waals surface area contributed by atoms with Crippen LogP contribution >= 0.6 is 15.9 Å². The molecule has 3 nitrogen and oxygen atoms in total. The molecular weight excluding hydrogens is 316 g/mol. The Morgan fingerprint density at radius 3 is 2.30 bits per heavy atom. The van der Waals surface area contributed by atoms with E-state index in [-0.39, 0.29) is 5.91 Å². The fourth-order valence-corrected chi connectivity index (χ4v) is 2.71. The molecule has 104 valence electrons. The van der Waals surface area contributed by atoms with Crippen LogP contribution in [0.25, 0.3) is 0 Å². The van der Waals surface area contributed by atoms with Gasteiger partial charge in [-0.2, -0.15) is 0 Å². The minimum atomic E-state index is -0.119. The van der Waals surface area contributed by atoms with Crippen molar-refractivity contribution in [3.8, 4) is 0 Å². The average molecular weight is 333 g/mol. The maximum absolute atomic E-state index is 12.5. The van der Waals surface area contributed by atoms with Crippen LogP contribution in [0.15, 0.2) is 34.8 Å². The summed E-state index contributed by atoms with van der Waals surface area (Å²) in [6, 6.07) is 9.36. The normalized spacial score (nSPS) is 10.4. The van der Waals surface area contributed by atoms with Crippen LogP contribution in [-0.4, -0.2) is 5.91 Å². The van der Waals surface area contributed by atoms with E-state index in [1.165, 1.54) is 0 Å². The molecule has 2 aromatic rings. The molecule has 0 aliphatic heterocycles. The summed E-state index contributed by atoms with van der Waals surface area (Å²) >= 11 is 3.41. The fraction of sp³-hybridized carbons (Fsp3) is 0.188. The molecule has 0 unspecified atom stereocenters. The van der Waals surface area contributed by atoms with E-state index in [1.807, 2.05) is 39.0 Å². The van der Waals surface area contributed by atoms with Gasteiger partial charge >= 0.3 is 0 Å². The van der Waals surface area contributed by atoms with Crippen LogP contribution in [0.4, 0.5) is 11.4 Å². The highest BCUT2D eigenvalue weighted by Crippen LogP contribution is 2.26. The van der Waals surface area contributed by atoms with Crippen LogP contribution in [0.3, 0.4) is 0 Å². The Morgan fingerprint density at radius 2 is 1.70 bits per heavy atom. The van der Waals surface area contributed by atoms with E-state index in [9.17, 15) is 4.79 Å². The number of aryl methyl sites for hydroxylation is 3. The van der Waals surface area contributed by atoms with Crippen LogP contribution in [-0.2, 0) is 0 Å². The lowest BCUT2D eigenvalue weighted by atomic mass is 9.99. The van der Waals surface area contributed by atoms with Crippen LogP contribution in [0.1, 0.15) is 27.0 Å². The minimum Gasteiger partial charge on any atom is -0.399 e. The number of carbonyl (C=O) groups is 1. The summed E-state index contributed by atoms with van der Waals surface area (Å²) in [7, 11) is 0. The van der Waals surface area contributed by atoms with Crippen LogP contribution in [0.2, 0.25) is 0 Å². The zero-order valence-corrected chi connectivity index (χ0v) is 13.3.